The molecule has 1 unspecified atom stereocenters. The zero-order valence-electron chi connectivity index (χ0n) is 20.8. The van der Waals surface area contributed by atoms with Gasteiger partial charge in [0.2, 0.25) is 0 Å². The van der Waals surface area contributed by atoms with Gasteiger partial charge in [-0.25, -0.2) is 0 Å². The molecule has 1 atom stereocenters. The molecule has 1 heteroatoms. The maximum absolute atomic E-state index is 4.41. The summed E-state index contributed by atoms with van der Waals surface area (Å²) in [5, 5.41) is 3.51. The average Bonchev–Trinajstić information content (AvgIpc) is 2.79. The monoisotopic (exact) mass is 431 g/mol. The summed E-state index contributed by atoms with van der Waals surface area (Å²) in [7, 11) is 0. The molecule has 0 aliphatic carbocycles. The highest BCUT2D eigenvalue weighted by Gasteiger charge is 2.11. The molecule has 0 amide bonds. The molecule has 0 aliphatic heterocycles. The SMILES string of the molecule is C=C/C=C\C(=C/C)CN/C(C)=C/C(=C)C(CCC)CCCC(=C)CCCc1ccccc1. The predicted molar refractivity (Wildman–Crippen MR) is 145 cm³/mol. The molecule has 1 rings (SSSR count). The van der Waals surface area contributed by atoms with Crippen molar-refractivity contribution in [3.63, 3.8) is 0 Å². The zero-order valence-corrected chi connectivity index (χ0v) is 20.8. The maximum atomic E-state index is 4.41. The Morgan fingerprint density at radius 2 is 1.78 bits per heavy atom. The van der Waals surface area contributed by atoms with Gasteiger partial charge in [0.15, 0.2) is 0 Å². The molecular weight excluding hydrogens is 386 g/mol. The molecular formula is C31H45N. The Bertz CT molecular complexity index is 776. The van der Waals surface area contributed by atoms with Crippen LogP contribution >= 0.6 is 0 Å². The number of aryl methyl sites for hydroxylation is 1. The van der Waals surface area contributed by atoms with Crippen LogP contribution in [0.1, 0.15) is 71.3 Å². The van der Waals surface area contributed by atoms with Crippen molar-refractivity contribution in [2.45, 2.75) is 72.1 Å². The lowest BCUT2D eigenvalue weighted by molar-refractivity contribution is 0.497. The Morgan fingerprint density at radius 1 is 1.06 bits per heavy atom. The van der Waals surface area contributed by atoms with E-state index in [9.17, 15) is 0 Å². The Hall–Kier alpha value is -2.54. The van der Waals surface area contributed by atoms with E-state index < -0.39 is 0 Å². The van der Waals surface area contributed by atoms with Gasteiger partial charge in [0.25, 0.3) is 0 Å². The summed E-state index contributed by atoms with van der Waals surface area (Å²) in [6.07, 6.45) is 19.6. The topological polar surface area (TPSA) is 12.0 Å². The highest BCUT2D eigenvalue weighted by molar-refractivity contribution is 5.26. The standard InChI is InChI=1S/C31H45N/c1-7-10-19-29(9-3)25-32-28(6)24-27(5)31(16-8-2)23-15-18-26(4)17-14-22-30-20-12-11-13-21-30/h7,9-13,19-21,24,31-32H,1,4-5,8,14-18,22-23,25H2,2-3,6H3/b19-10-,28-24+,29-9+. The lowest BCUT2D eigenvalue weighted by Gasteiger charge is -2.18. The third-order valence-electron chi connectivity index (χ3n) is 5.87. The Kier molecular flexibility index (Phi) is 14.7. The molecule has 0 bridgehead atoms. The van der Waals surface area contributed by atoms with Crippen LogP contribution in [0.2, 0.25) is 0 Å². The summed E-state index contributed by atoms with van der Waals surface area (Å²) in [5.41, 5.74) is 6.48. The first kappa shape index (κ1) is 27.5. The summed E-state index contributed by atoms with van der Waals surface area (Å²) in [4.78, 5) is 0. The molecule has 174 valence electrons. The van der Waals surface area contributed by atoms with E-state index in [-0.39, 0.29) is 0 Å². The van der Waals surface area contributed by atoms with Crippen molar-refractivity contribution < 1.29 is 0 Å². The minimum Gasteiger partial charge on any atom is -0.384 e. The largest absolute Gasteiger partial charge is 0.384 e. The minimum atomic E-state index is 0.552. The lowest BCUT2D eigenvalue weighted by Crippen LogP contribution is -2.15. The van der Waals surface area contributed by atoms with Gasteiger partial charge in [0, 0.05) is 12.2 Å². The fourth-order valence-corrected chi connectivity index (χ4v) is 3.91. The predicted octanol–water partition coefficient (Wildman–Crippen LogP) is 8.89. The molecule has 1 nitrogen and oxygen atoms in total. The van der Waals surface area contributed by atoms with Crippen LogP contribution in [0.5, 0.6) is 0 Å². The van der Waals surface area contributed by atoms with E-state index in [0.717, 1.165) is 25.8 Å². The molecule has 32 heavy (non-hydrogen) atoms. The van der Waals surface area contributed by atoms with Crippen LogP contribution < -0.4 is 5.32 Å². The molecule has 1 aromatic rings. The second-order valence-electron chi connectivity index (χ2n) is 8.68. The van der Waals surface area contributed by atoms with Crippen LogP contribution in [0.15, 0.2) is 103 Å². The van der Waals surface area contributed by atoms with Crippen LogP contribution in [-0.4, -0.2) is 6.54 Å². The fraction of sp³-hybridized carbons (Fsp3) is 0.419. The van der Waals surface area contributed by atoms with Gasteiger partial charge in [-0.15, -0.1) is 0 Å². The van der Waals surface area contributed by atoms with E-state index in [4.69, 9.17) is 0 Å². The minimum absolute atomic E-state index is 0.552. The van der Waals surface area contributed by atoms with Gasteiger partial charge >= 0.3 is 0 Å². The molecule has 0 spiro atoms. The van der Waals surface area contributed by atoms with Crippen LogP contribution in [0.4, 0.5) is 0 Å². The summed E-state index contributed by atoms with van der Waals surface area (Å²) in [6.45, 7) is 19.8. The second kappa shape index (κ2) is 17.1. The number of allylic oxidation sites excluding steroid dienone is 7. The fourth-order valence-electron chi connectivity index (χ4n) is 3.91. The van der Waals surface area contributed by atoms with Gasteiger partial charge in [0.1, 0.15) is 0 Å². The highest BCUT2D eigenvalue weighted by Crippen LogP contribution is 2.25. The third-order valence-corrected chi connectivity index (χ3v) is 5.87. The van der Waals surface area contributed by atoms with Crippen molar-refractivity contribution in [1.29, 1.82) is 0 Å². The molecule has 1 aromatic carbocycles. The van der Waals surface area contributed by atoms with Crippen LogP contribution in [-0.2, 0) is 6.42 Å². The normalized spacial score (nSPS) is 13.2. The smallest absolute Gasteiger partial charge is 0.0394 e. The quantitative estimate of drug-likeness (QED) is 0.192. The Morgan fingerprint density at radius 3 is 2.44 bits per heavy atom. The van der Waals surface area contributed by atoms with Crippen molar-refractivity contribution >= 4 is 0 Å². The Balaban J connectivity index is 2.42. The third kappa shape index (κ3) is 12.3. The molecule has 0 aliphatic rings. The van der Waals surface area contributed by atoms with Gasteiger partial charge in [0.05, 0.1) is 0 Å². The first-order valence-electron chi connectivity index (χ1n) is 12.3. The van der Waals surface area contributed by atoms with Crippen molar-refractivity contribution in [3.05, 3.63) is 108 Å². The number of rotatable bonds is 17. The summed E-state index contributed by atoms with van der Waals surface area (Å²) in [6, 6.07) is 10.7. The molecule has 0 aromatic heterocycles. The van der Waals surface area contributed by atoms with Crippen molar-refractivity contribution in [3.8, 4) is 0 Å². The molecule has 0 radical (unpaired) electrons. The molecule has 0 fully saturated rings. The molecule has 0 saturated carbocycles. The number of hydrogen-bond acceptors (Lipinski definition) is 1. The zero-order chi connectivity index (χ0) is 23.6. The van der Waals surface area contributed by atoms with Crippen LogP contribution in [0.3, 0.4) is 0 Å². The Labute approximate surface area is 198 Å². The second-order valence-corrected chi connectivity index (χ2v) is 8.68. The molecule has 1 N–H and O–H groups in total. The number of benzene rings is 1. The van der Waals surface area contributed by atoms with E-state index in [0.29, 0.717) is 5.92 Å². The van der Waals surface area contributed by atoms with Crippen LogP contribution in [0, 0.1) is 5.92 Å². The van der Waals surface area contributed by atoms with Crippen molar-refractivity contribution in [2.24, 2.45) is 5.92 Å². The summed E-state index contributed by atoms with van der Waals surface area (Å²) < 4.78 is 0. The van der Waals surface area contributed by atoms with E-state index in [1.165, 1.54) is 60.1 Å². The van der Waals surface area contributed by atoms with Gasteiger partial charge in [-0.2, -0.15) is 0 Å². The first-order valence-corrected chi connectivity index (χ1v) is 12.3. The van der Waals surface area contributed by atoms with Gasteiger partial charge in [-0.05, 0) is 81.9 Å². The summed E-state index contributed by atoms with van der Waals surface area (Å²) in [5.74, 6) is 0.552. The number of hydrogen-bond donors (Lipinski definition) is 1. The van der Waals surface area contributed by atoms with E-state index in [1.807, 2.05) is 6.08 Å². The van der Waals surface area contributed by atoms with Crippen LogP contribution in [0.25, 0.3) is 0 Å². The highest BCUT2D eigenvalue weighted by atomic mass is 14.9. The van der Waals surface area contributed by atoms with Crippen molar-refractivity contribution in [1.82, 2.24) is 5.32 Å². The van der Waals surface area contributed by atoms with Gasteiger partial charge in [-0.3, -0.25) is 0 Å². The molecule has 0 heterocycles. The summed E-state index contributed by atoms with van der Waals surface area (Å²) >= 11 is 0. The number of nitrogens with one attached hydrogen (secondary N) is 1. The van der Waals surface area contributed by atoms with E-state index >= 15 is 0 Å². The average molecular weight is 432 g/mol. The van der Waals surface area contributed by atoms with E-state index in [2.05, 4.69) is 94.4 Å². The van der Waals surface area contributed by atoms with Gasteiger partial charge < -0.3 is 5.32 Å². The van der Waals surface area contributed by atoms with Crippen molar-refractivity contribution in [2.75, 3.05) is 6.54 Å². The first-order chi connectivity index (χ1) is 15.5. The van der Waals surface area contributed by atoms with Gasteiger partial charge in [-0.1, -0.05) is 98.9 Å². The lowest BCUT2D eigenvalue weighted by atomic mass is 9.88. The van der Waals surface area contributed by atoms with E-state index in [1.54, 1.807) is 6.08 Å². The maximum Gasteiger partial charge on any atom is 0.0394 e. The molecule has 0 saturated heterocycles.